The van der Waals surface area contributed by atoms with Gasteiger partial charge in [0.1, 0.15) is 12.1 Å². The predicted octanol–water partition coefficient (Wildman–Crippen LogP) is 5.18. The van der Waals surface area contributed by atoms with E-state index in [9.17, 15) is 24.1 Å². The minimum absolute atomic E-state index is 0.0835. The van der Waals surface area contributed by atoms with Crippen molar-refractivity contribution in [3.8, 4) is 23.1 Å². The summed E-state index contributed by atoms with van der Waals surface area (Å²) in [6, 6.07) is 4.41. The van der Waals surface area contributed by atoms with Gasteiger partial charge in [-0.25, -0.2) is 9.82 Å². The Kier molecular flexibility index (Phi) is 13.1. The summed E-state index contributed by atoms with van der Waals surface area (Å²) >= 11 is 1.41. The Morgan fingerprint density at radius 2 is 1.92 bits per heavy atom. The van der Waals surface area contributed by atoms with Crippen LogP contribution in [0, 0.1) is 33.5 Å². The second kappa shape index (κ2) is 18.4. The molecule has 4 amide bonds. The zero-order valence-electron chi connectivity index (χ0n) is 38.9. The number of hydrogen-bond acceptors (Lipinski definition) is 11. The Bertz CT molecular complexity index is 2530. The number of aryl methyl sites for hydroxylation is 1. The first kappa shape index (κ1) is 46.1. The molecular weight excluding hydrogens is 847 g/mol. The lowest BCUT2D eigenvalue weighted by Gasteiger charge is -2.35. The highest BCUT2D eigenvalue weighted by Crippen LogP contribution is 2.43. The van der Waals surface area contributed by atoms with Crippen molar-refractivity contribution in [1.29, 1.82) is 0 Å². The first-order valence-electron chi connectivity index (χ1n) is 22.9. The van der Waals surface area contributed by atoms with Gasteiger partial charge in [0.25, 0.3) is 11.8 Å². The van der Waals surface area contributed by atoms with Crippen LogP contribution < -0.4 is 10.7 Å². The van der Waals surface area contributed by atoms with E-state index < -0.39 is 40.9 Å². The van der Waals surface area contributed by atoms with E-state index in [4.69, 9.17) is 19.6 Å². The monoisotopic (exact) mass is 908 g/mol. The number of carbonyl (C=O) groups excluding carboxylic acids is 4. The maximum Gasteiger partial charge on any atom is 0.326 e. The topological polar surface area (TPSA) is 171 Å². The van der Waals surface area contributed by atoms with Gasteiger partial charge >= 0.3 is 6.17 Å². The number of carbonyl (C=O) groups is 4. The SMILES string of the molecule is CC#CC(=O)N1CCC2(CCN([C@H](C(=O)N[C@H]3Cc4nc(cs4)-c4ccc5c(c4)c(c(C4=C([C@H](C)OC)N=CCC4)n5C)CC(C)(C)CO[N+](=O)[C@@H]4CCCN(N4)C3=O)C(C)C)C2=O)C1. The summed E-state index contributed by atoms with van der Waals surface area (Å²) in [6.45, 7) is 13.0. The molecule has 0 aliphatic carbocycles. The number of likely N-dealkylation sites (tertiary alicyclic amines) is 2. The maximum absolute atomic E-state index is 14.7. The lowest BCUT2D eigenvalue weighted by atomic mass is 9.83. The molecule has 0 saturated carbocycles. The first-order valence-corrected chi connectivity index (χ1v) is 23.8. The van der Waals surface area contributed by atoms with Gasteiger partial charge < -0.3 is 24.4 Å². The number of benzene rings is 1. The van der Waals surface area contributed by atoms with Gasteiger partial charge in [-0.15, -0.1) is 11.3 Å². The first-order chi connectivity index (χ1) is 31.0. The molecule has 6 bridgehead atoms. The van der Waals surface area contributed by atoms with Crippen molar-refractivity contribution >= 4 is 57.7 Å². The molecule has 8 rings (SSSR count). The average Bonchev–Trinajstić information content (AvgIpc) is 4.08. The number of amides is 4. The molecule has 5 aliphatic rings. The van der Waals surface area contributed by atoms with E-state index in [1.807, 2.05) is 32.4 Å². The quantitative estimate of drug-likeness (QED) is 0.303. The smallest absolute Gasteiger partial charge is 0.326 e. The lowest BCUT2D eigenvalue weighted by Crippen LogP contribution is -2.62. The Labute approximate surface area is 384 Å². The number of aliphatic imine (C=N–C) groups is 1. The summed E-state index contributed by atoms with van der Waals surface area (Å²) in [6.07, 6.45) is 5.16. The van der Waals surface area contributed by atoms with Gasteiger partial charge in [0.15, 0.2) is 6.61 Å². The van der Waals surface area contributed by atoms with Crippen molar-refractivity contribution in [3.63, 3.8) is 0 Å². The van der Waals surface area contributed by atoms with Crippen molar-refractivity contribution in [1.82, 2.24) is 35.1 Å². The Balaban J connectivity index is 1.15. The normalized spacial score (nSPS) is 24.6. The fourth-order valence-electron chi connectivity index (χ4n) is 10.3. The summed E-state index contributed by atoms with van der Waals surface area (Å²) in [5.74, 6) is 3.61. The molecule has 1 unspecified atom stereocenters. The zero-order chi connectivity index (χ0) is 46.4. The van der Waals surface area contributed by atoms with Crippen molar-refractivity contribution in [2.75, 3.05) is 39.9 Å². The van der Waals surface area contributed by atoms with Crippen LogP contribution in [0.25, 0.3) is 27.7 Å². The number of ether oxygens (including phenoxy) is 1. The lowest BCUT2D eigenvalue weighted by molar-refractivity contribution is -0.835. The van der Waals surface area contributed by atoms with Crippen LogP contribution in [-0.2, 0) is 48.6 Å². The van der Waals surface area contributed by atoms with Gasteiger partial charge in [0, 0.05) is 97.9 Å². The van der Waals surface area contributed by atoms with Crippen LogP contribution in [0.15, 0.2) is 34.3 Å². The average molecular weight is 909 g/mol. The Morgan fingerprint density at radius 3 is 2.68 bits per heavy atom. The van der Waals surface area contributed by atoms with E-state index in [2.05, 4.69) is 66.2 Å². The Morgan fingerprint density at radius 1 is 1.14 bits per heavy atom. The summed E-state index contributed by atoms with van der Waals surface area (Å²) in [7, 11) is 3.78. The predicted molar refractivity (Wildman–Crippen MR) is 248 cm³/mol. The highest BCUT2D eigenvalue weighted by Gasteiger charge is 2.54. The number of hydrazine groups is 1. The number of nitrogens with one attached hydrogen (secondary N) is 2. The molecule has 0 radical (unpaired) electrons. The van der Waals surface area contributed by atoms with Gasteiger partial charge in [-0.05, 0) is 81.9 Å². The van der Waals surface area contributed by atoms with Crippen molar-refractivity contribution in [3.05, 3.63) is 50.4 Å². The van der Waals surface area contributed by atoms with E-state index in [1.165, 1.54) is 16.3 Å². The molecule has 2 N–H and O–H groups in total. The maximum atomic E-state index is 14.7. The summed E-state index contributed by atoms with van der Waals surface area (Å²) in [5, 5.41) is 8.16. The second-order valence-corrected chi connectivity index (χ2v) is 20.3. The number of rotatable bonds is 7. The molecule has 2 aromatic heterocycles. The molecule has 3 saturated heterocycles. The molecule has 5 atom stereocenters. The van der Waals surface area contributed by atoms with E-state index in [-0.39, 0.29) is 43.4 Å². The highest BCUT2D eigenvalue weighted by molar-refractivity contribution is 7.10. The molecule has 346 valence electrons. The molecular formula is C48H62N9O7S+. The number of methoxy groups -OCH3 is 1. The van der Waals surface area contributed by atoms with Gasteiger partial charge in [0.05, 0.1) is 32.8 Å². The van der Waals surface area contributed by atoms with Gasteiger partial charge in [-0.1, -0.05) is 39.7 Å². The van der Waals surface area contributed by atoms with Crippen molar-refractivity contribution in [2.45, 2.75) is 117 Å². The van der Waals surface area contributed by atoms with E-state index >= 15 is 0 Å². The number of allylic oxidation sites excluding steroid dienone is 1. The molecule has 17 heteroatoms. The fourth-order valence-corrected chi connectivity index (χ4v) is 11.2. The van der Waals surface area contributed by atoms with E-state index in [1.54, 1.807) is 23.8 Å². The number of nitrogens with zero attached hydrogens (tertiary/aromatic N) is 7. The van der Waals surface area contributed by atoms with Crippen LogP contribution in [-0.4, -0.2) is 123 Å². The standard InChI is InChI=1S/C48H61N9O7S/c1-9-12-40(58)54-21-17-48(27-54)18-22-55(46(48)61)42(29(2)3)44(59)51-35-24-39-50-36(26-65-39)31-15-16-37-33(23-31)34(43(53(37)7)32-13-10-19-49-41(32)30(4)63-8)25-47(5,6)28-64-57(62)38-14-11-20-56(52-38)45(35)60/h15-16,19,23,26,29-30,35,38,42,52H,10-11,13-14,17-18,20-22,24-25,27-28H2,1-8H3/p+1/t30-,35-,38+,42-,48?/m0/s1. The number of hydrogen-bond donors (Lipinski definition) is 2. The van der Waals surface area contributed by atoms with Crippen molar-refractivity contribution < 1.29 is 33.7 Å². The molecule has 3 aromatic rings. The van der Waals surface area contributed by atoms with Crippen LogP contribution in [0.1, 0.15) is 96.3 Å². The number of thiazole rings is 1. The number of aromatic nitrogens is 2. The largest absolute Gasteiger partial charge is 0.375 e. The van der Waals surface area contributed by atoms with E-state index in [0.29, 0.717) is 61.7 Å². The number of fused-ring (bicyclic) bond motifs is 6. The minimum atomic E-state index is -1.08. The molecule has 65 heavy (non-hydrogen) atoms. The van der Waals surface area contributed by atoms with Crippen LogP contribution >= 0.6 is 11.3 Å². The third kappa shape index (κ3) is 8.96. The fraction of sp³-hybridized carbons (Fsp3) is 0.583. The molecule has 5 aliphatic heterocycles. The van der Waals surface area contributed by atoms with Gasteiger partial charge in [-0.3, -0.25) is 29.2 Å². The van der Waals surface area contributed by atoms with Crippen LogP contribution in [0.2, 0.25) is 0 Å². The molecule has 3 fully saturated rings. The van der Waals surface area contributed by atoms with Crippen LogP contribution in [0.5, 0.6) is 0 Å². The Hall–Kier alpha value is -5.44. The molecule has 1 spiro atoms. The van der Waals surface area contributed by atoms with E-state index in [0.717, 1.165) is 57.5 Å². The molecule has 7 heterocycles. The molecule has 1 aromatic carbocycles. The second-order valence-electron chi connectivity index (χ2n) is 19.3. The van der Waals surface area contributed by atoms with Gasteiger partial charge in [-0.2, -0.15) is 5.43 Å². The third-order valence-electron chi connectivity index (χ3n) is 13.8. The highest BCUT2D eigenvalue weighted by atomic mass is 32.1. The summed E-state index contributed by atoms with van der Waals surface area (Å²) in [4.78, 5) is 89.7. The zero-order valence-corrected chi connectivity index (χ0v) is 39.7. The van der Waals surface area contributed by atoms with Crippen LogP contribution in [0.4, 0.5) is 0 Å². The van der Waals surface area contributed by atoms with Crippen LogP contribution in [0.3, 0.4) is 0 Å². The minimum Gasteiger partial charge on any atom is -0.375 e. The molecule has 16 nitrogen and oxygen atoms in total. The summed E-state index contributed by atoms with van der Waals surface area (Å²) in [5.41, 5.74) is 8.78. The summed E-state index contributed by atoms with van der Waals surface area (Å²) < 4.78 is 8.05. The van der Waals surface area contributed by atoms with Crippen molar-refractivity contribution in [2.24, 2.45) is 28.8 Å². The third-order valence-corrected chi connectivity index (χ3v) is 14.7. The van der Waals surface area contributed by atoms with Gasteiger partial charge in [0.2, 0.25) is 16.7 Å².